The van der Waals surface area contributed by atoms with E-state index in [1.54, 1.807) is 19.1 Å². The largest absolute Gasteiger partial charge is 0.493 e. The van der Waals surface area contributed by atoms with Crippen LogP contribution in [-0.2, 0) is 20.0 Å². The first-order chi connectivity index (χ1) is 12.3. The van der Waals surface area contributed by atoms with E-state index in [2.05, 4.69) is 0 Å². The molecule has 0 saturated carbocycles. The molecule has 0 N–H and O–H groups in total. The lowest BCUT2D eigenvalue weighted by atomic mass is 10.2. The van der Waals surface area contributed by atoms with E-state index in [4.69, 9.17) is 14.2 Å². The summed E-state index contributed by atoms with van der Waals surface area (Å²) < 4.78 is 57.8. The number of ether oxygens (including phenoxy) is 1. The number of hydrogen-bond acceptors (Lipinski definition) is 7. The normalized spacial score (nSPS) is 11.5. The van der Waals surface area contributed by atoms with Gasteiger partial charge in [-0.15, -0.1) is 0 Å². The molecule has 2 aromatic rings. The van der Waals surface area contributed by atoms with Gasteiger partial charge in [-0.2, -0.15) is 13.7 Å². The van der Waals surface area contributed by atoms with Crippen LogP contribution in [-0.4, -0.2) is 34.9 Å². The van der Waals surface area contributed by atoms with E-state index < -0.39 is 20.0 Å². The van der Waals surface area contributed by atoms with E-state index >= 15 is 0 Å². The zero-order valence-corrected chi connectivity index (χ0v) is 15.6. The smallest absolute Gasteiger partial charge is 0.339 e. The second kappa shape index (κ2) is 8.21. The molecular weight excluding hydrogens is 378 g/mol. The van der Waals surface area contributed by atoms with Gasteiger partial charge in [0.1, 0.15) is 23.3 Å². The van der Waals surface area contributed by atoms with Gasteiger partial charge < -0.3 is 8.92 Å². The van der Waals surface area contributed by atoms with Gasteiger partial charge in [0.05, 0.1) is 11.3 Å². The minimum Gasteiger partial charge on any atom is -0.493 e. The Kier molecular flexibility index (Phi) is 6.23. The van der Waals surface area contributed by atoms with Crippen LogP contribution < -0.4 is 8.92 Å². The number of para-hydroxylation sites is 1. The molecule has 2 aromatic carbocycles. The van der Waals surface area contributed by atoms with Crippen LogP contribution in [0.2, 0.25) is 0 Å². The van der Waals surface area contributed by atoms with Gasteiger partial charge in [0.2, 0.25) is 0 Å². The van der Waals surface area contributed by atoms with Gasteiger partial charge in [0, 0.05) is 5.75 Å². The Labute approximate surface area is 152 Å². The fourth-order valence-corrected chi connectivity index (χ4v) is 3.50. The summed E-state index contributed by atoms with van der Waals surface area (Å²) in [5.41, 5.74) is 0.105. The Morgan fingerprint density at radius 2 is 1.65 bits per heavy atom. The second-order valence-electron chi connectivity index (χ2n) is 5.20. The fourth-order valence-electron chi connectivity index (χ4n) is 1.93. The molecule has 9 heteroatoms. The van der Waals surface area contributed by atoms with Crippen molar-refractivity contribution >= 4 is 20.0 Å². The molecule has 0 aromatic heterocycles. The summed E-state index contributed by atoms with van der Waals surface area (Å²) in [7, 11) is -7.24. The SMILES string of the molecule is CCS(=O)(=O)CCOc1ccc(S(=O)(=O)Oc2ccccc2C#N)cc1. The first-order valence-electron chi connectivity index (χ1n) is 7.64. The van der Waals surface area contributed by atoms with E-state index in [0.717, 1.165) is 0 Å². The van der Waals surface area contributed by atoms with Crippen LogP contribution in [0, 0.1) is 11.3 Å². The molecule has 26 heavy (non-hydrogen) atoms. The molecule has 0 unspecified atom stereocenters. The summed E-state index contributed by atoms with van der Waals surface area (Å²) in [6.45, 7) is 1.54. The summed E-state index contributed by atoms with van der Waals surface area (Å²) in [5.74, 6) is 0.208. The van der Waals surface area contributed by atoms with Gasteiger partial charge in [-0.05, 0) is 36.4 Å². The number of rotatable bonds is 8. The Hall–Kier alpha value is -2.57. The Balaban J connectivity index is 2.08. The highest BCUT2D eigenvalue weighted by Crippen LogP contribution is 2.23. The number of hydrogen-bond donors (Lipinski definition) is 0. The predicted molar refractivity (Wildman–Crippen MR) is 95.2 cm³/mol. The number of nitriles is 1. The van der Waals surface area contributed by atoms with Gasteiger partial charge in [-0.25, -0.2) is 8.42 Å². The van der Waals surface area contributed by atoms with Gasteiger partial charge in [-0.1, -0.05) is 19.1 Å². The maximum atomic E-state index is 12.3. The van der Waals surface area contributed by atoms with Crippen molar-refractivity contribution in [1.82, 2.24) is 0 Å². The van der Waals surface area contributed by atoms with E-state index in [-0.39, 0.29) is 34.3 Å². The Morgan fingerprint density at radius 3 is 2.27 bits per heavy atom. The topological polar surface area (TPSA) is 111 Å². The molecule has 2 rings (SSSR count). The predicted octanol–water partition coefficient (Wildman–Crippen LogP) is 2.14. The monoisotopic (exact) mass is 395 g/mol. The van der Waals surface area contributed by atoms with Crippen molar-refractivity contribution in [3.63, 3.8) is 0 Å². The van der Waals surface area contributed by atoms with Gasteiger partial charge in [0.15, 0.2) is 15.6 Å². The molecular formula is C17H17NO6S2. The fraction of sp³-hybridized carbons (Fsp3) is 0.235. The summed E-state index contributed by atoms with van der Waals surface area (Å²) in [5, 5.41) is 9.00. The molecule has 0 aliphatic carbocycles. The van der Waals surface area contributed by atoms with E-state index in [1.807, 2.05) is 6.07 Å². The first-order valence-corrected chi connectivity index (χ1v) is 10.9. The summed E-state index contributed by atoms with van der Waals surface area (Å²) >= 11 is 0. The number of benzene rings is 2. The molecule has 0 saturated heterocycles. The Morgan fingerprint density at radius 1 is 1.00 bits per heavy atom. The third-order valence-corrected chi connectivity index (χ3v) is 6.34. The highest BCUT2D eigenvalue weighted by Gasteiger charge is 2.18. The maximum Gasteiger partial charge on any atom is 0.339 e. The maximum absolute atomic E-state index is 12.3. The average molecular weight is 395 g/mol. The first kappa shape index (κ1) is 19.8. The van der Waals surface area contributed by atoms with Gasteiger partial charge in [-0.3, -0.25) is 0 Å². The summed E-state index contributed by atoms with van der Waals surface area (Å²) in [4.78, 5) is -0.112. The molecule has 0 spiro atoms. The lowest BCUT2D eigenvalue weighted by Gasteiger charge is -2.09. The van der Waals surface area contributed by atoms with Crippen molar-refractivity contribution < 1.29 is 25.8 Å². The molecule has 0 aliphatic rings. The zero-order chi connectivity index (χ0) is 19.2. The zero-order valence-electron chi connectivity index (χ0n) is 14.0. The molecule has 138 valence electrons. The van der Waals surface area contributed by atoms with Crippen LogP contribution >= 0.6 is 0 Å². The number of nitrogens with zero attached hydrogens (tertiary/aromatic N) is 1. The van der Waals surface area contributed by atoms with Crippen LogP contribution in [0.5, 0.6) is 11.5 Å². The van der Waals surface area contributed by atoms with Gasteiger partial charge in [0.25, 0.3) is 0 Å². The lowest BCUT2D eigenvalue weighted by molar-refractivity contribution is 0.340. The number of sulfone groups is 1. The van der Waals surface area contributed by atoms with Crippen molar-refractivity contribution in [2.45, 2.75) is 11.8 Å². The molecule has 0 amide bonds. The molecule has 0 radical (unpaired) electrons. The summed E-state index contributed by atoms with van der Waals surface area (Å²) in [6, 6.07) is 13.3. The van der Waals surface area contributed by atoms with E-state index in [0.29, 0.717) is 5.75 Å². The van der Waals surface area contributed by atoms with Crippen molar-refractivity contribution in [2.75, 3.05) is 18.1 Å². The summed E-state index contributed by atoms with van der Waals surface area (Å²) in [6.07, 6.45) is 0. The van der Waals surface area contributed by atoms with Crippen molar-refractivity contribution in [1.29, 1.82) is 5.26 Å². The molecule has 7 nitrogen and oxygen atoms in total. The molecule has 0 bridgehead atoms. The molecule has 0 fully saturated rings. The molecule has 0 atom stereocenters. The van der Waals surface area contributed by atoms with Crippen LogP contribution in [0.4, 0.5) is 0 Å². The van der Waals surface area contributed by atoms with E-state index in [9.17, 15) is 16.8 Å². The van der Waals surface area contributed by atoms with Crippen LogP contribution in [0.1, 0.15) is 12.5 Å². The Bertz CT molecular complexity index is 1010. The second-order valence-corrected chi connectivity index (χ2v) is 9.22. The van der Waals surface area contributed by atoms with Crippen LogP contribution in [0.25, 0.3) is 0 Å². The minimum absolute atomic E-state index is 0.0195. The highest BCUT2D eigenvalue weighted by molar-refractivity contribution is 7.91. The van der Waals surface area contributed by atoms with Crippen LogP contribution in [0.15, 0.2) is 53.4 Å². The quantitative estimate of drug-likeness (QED) is 0.630. The highest BCUT2D eigenvalue weighted by atomic mass is 32.2. The lowest BCUT2D eigenvalue weighted by Crippen LogP contribution is -2.15. The molecule has 0 heterocycles. The third kappa shape index (κ3) is 5.21. The van der Waals surface area contributed by atoms with Crippen molar-refractivity contribution in [3.8, 4) is 17.6 Å². The third-order valence-electron chi connectivity index (χ3n) is 3.42. The van der Waals surface area contributed by atoms with E-state index in [1.165, 1.54) is 36.4 Å². The van der Waals surface area contributed by atoms with Gasteiger partial charge >= 0.3 is 10.1 Å². The van der Waals surface area contributed by atoms with Crippen molar-refractivity contribution in [3.05, 3.63) is 54.1 Å². The van der Waals surface area contributed by atoms with Crippen molar-refractivity contribution in [2.24, 2.45) is 0 Å². The standard InChI is InChI=1S/C17H17NO6S2/c1-2-25(19,20)12-11-23-15-7-9-16(10-8-15)26(21,22)24-17-6-4-3-5-14(17)13-18/h3-10H,2,11-12H2,1H3. The average Bonchev–Trinajstić information content (AvgIpc) is 2.62. The minimum atomic E-state index is -4.11. The molecule has 0 aliphatic heterocycles. The van der Waals surface area contributed by atoms with Crippen LogP contribution in [0.3, 0.4) is 0 Å².